The van der Waals surface area contributed by atoms with Crippen molar-refractivity contribution in [2.24, 2.45) is 4.40 Å². The Kier molecular flexibility index (Phi) is 6.01. The molecule has 3 aromatic carbocycles. The van der Waals surface area contributed by atoms with Gasteiger partial charge in [0.25, 0.3) is 20.0 Å². The van der Waals surface area contributed by atoms with E-state index in [1.165, 1.54) is 24.3 Å². The van der Waals surface area contributed by atoms with Crippen LogP contribution in [-0.4, -0.2) is 28.3 Å². The molecular weight excluding hydrogens is 472 g/mol. The Bertz CT molecular complexity index is 1590. The predicted molar refractivity (Wildman–Crippen MR) is 130 cm³/mol. The van der Waals surface area contributed by atoms with Gasteiger partial charge in [0.2, 0.25) is 5.78 Å². The van der Waals surface area contributed by atoms with Gasteiger partial charge in [0.1, 0.15) is 0 Å². The summed E-state index contributed by atoms with van der Waals surface area (Å²) < 4.78 is 58.5. The van der Waals surface area contributed by atoms with Crippen LogP contribution in [0.3, 0.4) is 0 Å². The van der Waals surface area contributed by atoms with Crippen molar-refractivity contribution >= 4 is 31.5 Å². The first-order valence-corrected chi connectivity index (χ1v) is 13.3. The SMILES string of the molecule is Cc1cc(C)c(S(=O)(=O)N=C2C=C(NS(=O)(=O)c3ccccc3)C(=O)c3ccccc32)cc1C. The molecule has 0 saturated carbocycles. The number of Topliss-reactive ketones (excluding diaryl/α,β-unsaturated/α-hetero) is 1. The zero-order chi connectivity index (χ0) is 24.7. The number of sulfonamides is 2. The van der Waals surface area contributed by atoms with Gasteiger partial charge in [0.05, 0.1) is 21.2 Å². The van der Waals surface area contributed by atoms with E-state index < -0.39 is 25.8 Å². The number of nitrogens with zero attached hydrogens (tertiary/aromatic N) is 1. The molecule has 0 radical (unpaired) electrons. The molecule has 0 aliphatic heterocycles. The number of rotatable bonds is 5. The molecule has 174 valence electrons. The van der Waals surface area contributed by atoms with E-state index in [0.29, 0.717) is 11.1 Å². The normalized spacial score (nSPS) is 15.1. The maximum absolute atomic E-state index is 13.2. The lowest BCUT2D eigenvalue weighted by atomic mass is 9.93. The Morgan fingerprint density at radius 3 is 2.00 bits per heavy atom. The van der Waals surface area contributed by atoms with E-state index in [1.54, 1.807) is 55.5 Å². The summed E-state index contributed by atoms with van der Waals surface area (Å²) in [5, 5.41) is 0. The summed E-state index contributed by atoms with van der Waals surface area (Å²) in [6.07, 6.45) is 1.17. The lowest BCUT2D eigenvalue weighted by Gasteiger charge is -2.19. The third-order valence-corrected chi connectivity index (χ3v) is 8.37. The van der Waals surface area contributed by atoms with Crippen molar-refractivity contribution in [1.82, 2.24) is 4.72 Å². The van der Waals surface area contributed by atoms with E-state index in [0.717, 1.165) is 11.1 Å². The quantitative estimate of drug-likeness (QED) is 0.579. The van der Waals surface area contributed by atoms with E-state index >= 15 is 0 Å². The summed E-state index contributed by atoms with van der Waals surface area (Å²) in [6.45, 7) is 5.39. The fourth-order valence-electron chi connectivity index (χ4n) is 3.67. The maximum atomic E-state index is 13.2. The summed E-state index contributed by atoms with van der Waals surface area (Å²) in [7, 11) is -8.23. The van der Waals surface area contributed by atoms with Gasteiger partial charge in [-0.15, -0.1) is 0 Å². The van der Waals surface area contributed by atoms with Gasteiger partial charge in [0, 0.05) is 11.1 Å². The van der Waals surface area contributed by atoms with Gasteiger partial charge in [-0.25, -0.2) is 8.42 Å². The van der Waals surface area contributed by atoms with Crippen molar-refractivity contribution in [3.8, 4) is 0 Å². The van der Waals surface area contributed by atoms with Crippen molar-refractivity contribution in [2.75, 3.05) is 0 Å². The molecule has 0 spiro atoms. The second kappa shape index (κ2) is 8.66. The monoisotopic (exact) mass is 494 g/mol. The molecule has 1 aliphatic rings. The van der Waals surface area contributed by atoms with Crippen LogP contribution in [0.5, 0.6) is 0 Å². The van der Waals surface area contributed by atoms with Crippen LogP contribution in [-0.2, 0) is 20.0 Å². The number of carbonyl (C=O) groups is 1. The molecule has 0 heterocycles. The largest absolute Gasteiger partial charge is 0.287 e. The van der Waals surface area contributed by atoms with Gasteiger partial charge in [-0.1, -0.05) is 48.5 Å². The summed E-state index contributed by atoms with van der Waals surface area (Å²) in [4.78, 5) is 13.1. The Labute approximate surface area is 199 Å². The number of benzene rings is 3. The van der Waals surface area contributed by atoms with Crippen LogP contribution in [0.15, 0.2) is 92.7 Å². The fraction of sp³-hybridized carbons (Fsp3) is 0.120. The third-order valence-electron chi connectivity index (χ3n) is 5.56. The molecule has 3 aromatic rings. The first-order chi connectivity index (χ1) is 16.0. The van der Waals surface area contributed by atoms with Crippen LogP contribution >= 0.6 is 0 Å². The zero-order valence-corrected chi connectivity index (χ0v) is 20.4. The van der Waals surface area contributed by atoms with Gasteiger partial charge in [-0.3, -0.25) is 9.52 Å². The van der Waals surface area contributed by atoms with Crippen molar-refractivity contribution in [1.29, 1.82) is 0 Å². The summed E-state index contributed by atoms with van der Waals surface area (Å²) in [6, 6.07) is 17.3. The Balaban J connectivity index is 1.85. The smallest absolute Gasteiger partial charge is 0.283 e. The van der Waals surface area contributed by atoms with E-state index in [-0.39, 0.29) is 26.8 Å². The van der Waals surface area contributed by atoms with Crippen LogP contribution in [0.1, 0.15) is 32.6 Å². The highest BCUT2D eigenvalue weighted by Gasteiger charge is 2.29. The first-order valence-electron chi connectivity index (χ1n) is 10.4. The summed E-state index contributed by atoms with van der Waals surface area (Å²) in [5.74, 6) is -0.575. The van der Waals surface area contributed by atoms with Gasteiger partial charge >= 0.3 is 0 Å². The number of carbonyl (C=O) groups excluding carboxylic acids is 1. The highest BCUT2D eigenvalue weighted by Crippen LogP contribution is 2.26. The standard InChI is InChI=1S/C25H22N2O5S2/c1-16-13-18(3)24(14-17(16)2)34(31,32)26-22-15-23(25(28)21-12-8-7-11-20(21)22)27-33(29,30)19-9-5-4-6-10-19/h4-15,27H,1-3H3. The molecule has 0 amide bonds. The lowest BCUT2D eigenvalue weighted by Crippen LogP contribution is -2.31. The molecule has 0 saturated heterocycles. The average Bonchev–Trinajstić information content (AvgIpc) is 2.79. The Morgan fingerprint density at radius 2 is 1.32 bits per heavy atom. The number of fused-ring (bicyclic) bond motifs is 1. The molecule has 1 N–H and O–H groups in total. The maximum Gasteiger partial charge on any atom is 0.283 e. The number of aryl methyl sites for hydroxylation is 3. The minimum Gasteiger partial charge on any atom is -0.287 e. The van der Waals surface area contributed by atoms with Crippen LogP contribution in [0.2, 0.25) is 0 Å². The molecule has 0 aromatic heterocycles. The number of allylic oxidation sites excluding steroid dienone is 2. The van der Waals surface area contributed by atoms with Crippen molar-refractivity contribution in [3.63, 3.8) is 0 Å². The second-order valence-corrected chi connectivity index (χ2v) is 11.3. The lowest BCUT2D eigenvalue weighted by molar-refractivity contribution is 0.102. The molecule has 0 bridgehead atoms. The molecule has 1 aliphatic carbocycles. The van der Waals surface area contributed by atoms with Gasteiger partial charge < -0.3 is 0 Å². The van der Waals surface area contributed by atoms with E-state index in [2.05, 4.69) is 9.12 Å². The van der Waals surface area contributed by atoms with Gasteiger partial charge in [-0.05, 0) is 61.7 Å². The van der Waals surface area contributed by atoms with Crippen molar-refractivity contribution in [2.45, 2.75) is 30.6 Å². The van der Waals surface area contributed by atoms with Gasteiger partial charge in [0.15, 0.2) is 0 Å². The summed E-state index contributed by atoms with van der Waals surface area (Å²) in [5.41, 5.74) is 2.45. The minimum absolute atomic E-state index is 0.0283. The van der Waals surface area contributed by atoms with Crippen LogP contribution in [0.25, 0.3) is 0 Å². The van der Waals surface area contributed by atoms with Crippen LogP contribution in [0.4, 0.5) is 0 Å². The highest BCUT2D eigenvalue weighted by atomic mass is 32.2. The minimum atomic E-state index is -4.15. The molecule has 0 unspecified atom stereocenters. The second-order valence-electron chi connectivity index (χ2n) is 8.00. The Morgan fingerprint density at radius 1 is 0.735 bits per heavy atom. The average molecular weight is 495 g/mol. The van der Waals surface area contributed by atoms with Crippen molar-refractivity contribution < 1.29 is 21.6 Å². The number of nitrogens with one attached hydrogen (secondary N) is 1. The molecule has 0 fully saturated rings. The van der Waals surface area contributed by atoms with Crippen molar-refractivity contribution in [3.05, 3.63) is 106 Å². The number of hydrogen-bond donors (Lipinski definition) is 1. The van der Waals surface area contributed by atoms with Gasteiger partial charge in [-0.2, -0.15) is 12.8 Å². The van der Waals surface area contributed by atoms with E-state index in [4.69, 9.17) is 0 Å². The topological polar surface area (TPSA) is 110 Å². The molecular formula is C25H22N2O5S2. The molecule has 9 heteroatoms. The van der Waals surface area contributed by atoms with Crippen LogP contribution < -0.4 is 4.72 Å². The number of hydrogen-bond acceptors (Lipinski definition) is 5. The summed E-state index contributed by atoms with van der Waals surface area (Å²) >= 11 is 0. The number of ketones is 1. The predicted octanol–water partition coefficient (Wildman–Crippen LogP) is 3.85. The molecule has 4 rings (SSSR count). The Hall–Kier alpha value is -3.56. The van der Waals surface area contributed by atoms with E-state index in [9.17, 15) is 21.6 Å². The molecule has 34 heavy (non-hydrogen) atoms. The molecule has 0 atom stereocenters. The zero-order valence-electron chi connectivity index (χ0n) is 18.7. The highest BCUT2D eigenvalue weighted by molar-refractivity contribution is 7.90. The van der Waals surface area contributed by atoms with E-state index in [1.807, 2.05) is 13.8 Å². The van der Waals surface area contributed by atoms with Crippen LogP contribution in [0, 0.1) is 20.8 Å². The third kappa shape index (κ3) is 4.44. The first kappa shape index (κ1) is 23.6. The fourth-order valence-corrected chi connectivity index (χ4v) is 6.05. The molecule has 7 nitrogen and oxygen atoms in total.